The molecule has 28 heavy (non-hydrogen) atoms. The maximum Gasteiger partial charge on any atom is 0.264 e. The molecule has 1 heterocycles. The number of aryl methyl sites for hydroxylation is 1. The Labute approximate surface area is 164 Å². The molecule has 5 nitrogen and oxygen atoms in total. The number of aromatic nitrogens is 2. The van der Waals surface area contributed by atoms with Crippen LogP contribution in [0.5, 0.6) is 0 Å². The van der Waals surface area contributed by atoms with E-state index in [0.29, 0.717) is 24.2 Å². The van der Waals surface area contributed by atoms with Gasteiger partial charge in [0, 0.05) is 23.7 Å². The van der Waals surface area contributed by atoms with E-state index >= 15 is 0 Å². The minimum atomic E-state index is -0.247. The smallest absolute Gasteiger partial charge is 0.264 e. The minimum absolute atomic E-state index is 0.0357. The molecule has 5 heteroatoms. The SMILES string of the molecule is CC(C)(C)c1ccc(CCC(=O)Nc2cccc(-c3ccc(=O)[nH]n3)c2)cc1. The lowest BCUT2D eigenvalue weighted by molar-refractivity contribution is -0.116. The summed E-state index contributed by atoms with van der Waals surface area (Å²) < 4.78 is 0. The molecule has 0 unspecified atom stereocenters. The van der Waals surface area contributed by atoms with Gasteiger partial charge in [-0.25, -0.2) is 5.10 Å². The Balaban J connectivity index is 1.60. The number of nitrogens with one attached hydrogen (secondary N) is 2. The van der Waals surface area contributed by atoms with E-state index in [9.17, 15) is 9.59 Å². The van der Waals surface area contributed by atoms with Crippen LogP contribution in [0.3, 0.4) is 0 Å². The Morgan fingerprint density at radius 2 is 1.79 bits per heavy atom. The lowest BCUT2D eigenvalue weighted by Crippen LogP contribution is -2.13. The van der Waals surface area contributed by atoms with Crippen LogP contribution in [-0.4, -0.2) is 16.1 Å². The molecule has 0 atom stereocenters. The highest BCUT2D eigenvalue weighted by molar-refractivity contribution is 5.91. The number of amides is 1. The Morgan fingerprint density at radius 1 is 1.04 bits per heavy atom. The van der Waals surface area contributed by atoms with Crippen molar-refractivity contribution < 1.29 is 4.79 Å². The van der Waals surface area contributed by atoms with Crippen LogP contribution >= 0.6 is 0 Å². The molecule has 0 aliphatic rings. The Morgan fingerprint density at radius 3 is 2.43 bits per heavy atom. The zero-order valence-corrected chi connectivity index (χ0v) is 16.5. The van der Waals surface area contributed by atoms with Crippen molar-refractivity contribution in [3.63, 3.8) is 0 Å². The maximum absolute atomic E-state index is 12.3. The molecular weight excluding hydrogens is 350 g/mol. The zero-order chi connectivity index (χ0) is 20.1. The maximum atomic E-state index is 12.3. The Bertz CT molecular complexity index is 995. The molecule has 2 aromatic carbocycles. The standard InChI is InChI=1S/C23H25N3O2/c1-23(2,3)18-10-7-16(8-11-18)9-13-21(27)24-19-6-4-5-17(15-19)20-12-14-22(28)26-25-20/h4-8,10-12,14-15H,9,13H2,1-3H3,(H,24,27)(H,26,28). The van der Waals surface area contributed by atoms with Crippen molar-refractivity contribution in [1.82, 2.24) is 10.2 Å². The van der Waals surface area contributed by atoms with Gasteiger partial charge in [0.05, 0.1) is 5.69 Å². The van der Waals surface area contributed by atoms with Gasteiger partial charge in [0.1, 0.15) is 0 Å². The van der Waals surface area contributed by atoms with Gasteiger partial charge in [-0.1, -0.05) is 57.2 Å². The summed E-state index contributed by atoms with van der Waals surface area (Å²) in [5.41, 5.74) is 4.49. The van der Waals surface area contributed by atoms with Crippen molar-refractivity contribution >= 4 is 11.6 Å². The number of carbonyl (C=O) groups is 1. The number of nitrogens with zero attached hydrogens (tertiary/aromatic N) is 1. The topological polar surface area (TPSA) is 74.8 Å². The van der Waals surface area contributed by atoms with Gasteiger partial charge >= 0.3 is 0 Å². The molecule has 0 spiro atoms. The molecule has 3 rings (SSSR count). The van der Waals surface area contributed by atoms with E-state index < -0.39 is 0 Å². The van der Waals surface area contributed by atoms with E-state index in [1.165, 1.54) is 11.6 Å². The second kappa shape index (κ2) is 8.21. The van der Waals surface area contributed by atoms with Crippen LogP contribution in [0.25, 0.3) is 11.3 Å². The van der Waals surface area contributed by atoms with Crippen molar-refractivity contribution in [3.05, 3.63) is 82.1 Å². The summed E-state index contributed by atoms with van der Waals surface area (Å²) in [6.07, 6.45) is 1.10. The first-order chi connectivity index (χ1) is 13.3. The highest BCUT2D eigenvalue weighted by atomic mass is 16.1. The molecule has 0 radical (unpaired) electrons. The number of carbonyl (C=O) groups excluding carboxylic acids is 1. The third-order valence-corrected chi connectivity index (χ3v) is 4.58. The summed E-state index contributed by atoms with van der Waals surface area (Å²) in [6.45, 7) is 6.56. The summed E-state index contributed by atoms with van der Waals surface area (Å²) in [5.74, 6) is -0.0357. The predicted molar refractivity (Wildman–Crippen MR) is 112 cm³/mol. The van der Waals surface area contributed by atoms with Gasteiger partial charge in [-0.05, 0) is 41.2 Å². The molecule has 1 amide bonds. The van der Waals surface area contributed by atoms with Gasteiger partial charge in [0.25, 0.3) is 5.56 Å². The summed E-state index contributed by atoms with van der Waals surface area (Å²) in [6, 6.07) is 19.0. The summed E-state index contributed by atoms with van der Waals surface area (Å²) >= 11 is 0. The van der Waals surface area contributed by atoms with Crippen LogP contribution in [0.4, 0.5) is 5.69 Å². The number of anilines is 1. The Hall–Kier alpha value is -3.21. The van der Waals surface area contributed by atoms with Gasteiger partial charge in [-0.15, -0.1) is 0 Å². The molecule has 0 aliphatic carbocycles. The number of benzene rings is 2. The number of hydrogen-bond acceptors (Lipinski definition) is 3. The molecule has 0 saturated heterocycles. The van der Waals surface area contributed by atoms with E-state index in [2.05, 4.69) is 60.6 Å². The molecule has 0 bridgehead atoms. The third kappa shape index (κ3) is 5.16. The molecule has 0 saturated carbocycles. The van der Waals surface area contributed by atoms with Gasteiger partial charge in [0.2, 0.25) is 5.91 Å². The predicted octanol–water partition coefficient (Wildman–Crippen LogP) is 4.31. The van der Waals surface area contributed by atoms with Crippen molar-refractivity contribution in [2.45, 2.75) is 39.0 Å². The quantitative estimate of drug-likeness (QED) is 0.698. The van der Waals surface area contributed by atoms with Crippen LogP contribution < -0.4 is 10.9 Å². The lowest BCUT2D eigenvalue weighted by Gasteiger charge is -2.19. The normalized spacial score (nSPS) is 11.2. The number of H-pyrrole nitrogens is 1. The fraction of sp³-hybridized carbons (Fsp3) is 0.261. The first kappa shape index (κ1) is 19.5. The number of aromatic amines is 1. The van der Waals surface area contributed by atoms with Crippen molar-refractivity contribution in [1.29, 1.82) is 0 Å². The van der Waals surface area contributed by atoms with E-state index in [0.717, 1.165) is 11.1 Å². The fourth-order valence-corrected chi connectivity index (χ4v) is 2.91. The Kier molecular flexibility index (Phi) is 5.73. The zero-order valence-electron chi connectivity index (χ0n) is 16.5. The van der Waals surface area contributed by atoms with Gasteiger partial charge in [-0.3, -0.25) is 9.59 Å². The fourth-order valence-electron chi connectivity index (χ4n) is 2.91. The summed E-state index contributed by atoms with van der Waals surface area (Å²) in [7, 11) is 0. The second-order valence-corrected chi connectivity index (χ2v) is 7.88. The molecule has 0 aliphatic heterocycles. The lowest BCUT2D eigenvalue weighted by atomic mass is 9.86. The molecule has 0 fully saturated rings. The molecule has 3 aromatic rings. The highest BCUT2D eigenvalue weighted by Gasteiger charge is 2.13. The van der Waals surface area contributed by atoms with E-state index in [1.807, 2.05) is 24.3 Å². The van der Waals surface area contributed by atoms with E-state index in [1.54, 1.807) is 6.07 Å². The van der Waals surface area contributed by atoms with Crippen LogP contribution in [-0.2, 0) is 16.6 Å². The van der Waals surface area contributed by atoms with Crippen LogP contribution in [0.1, 0.15) is 38.3 Å². The number of hydrogen-bond donors (Lipinski definition) is 2. The van der Waals surface area contributed by atoms with Gasteiger partial charge in [-0.2, -0.15) is 5.10 Å². The van der Waals surface area contributed by atoms with Crippen molar-refractivity contribution in [2.75, 3.05) is 5.32 Å². The van der Waals surface area contributed by atoms with Gasteiger partial charge in [0.15, 0.2) is 0 Å². The van der Waals surface area contributed by atoms with Crippen molar-refractivity contribution in [3.8, 4) is 11.3 Å². The third-order valence-electron chi connectivity index (χ3n) is 4.58. The van der Waals surface area contributed by atoms with E-state index in [-0.39, 0.29) is 16.9 Å². The second-order valence-electron chi connectivity index (χ2n) is 7.88. The minimum Gasteiger partial charge on any atom is -0.326 e. The van der Waals surface area contributed by atoms with Crippen LogP contribution in [0, 0.1) is 0 Å². The highest BCUT2D eigenvalue weighted by Crippen LogP contribution is 2.23. The average molecular weight is 375 g/mol. The molecular formula is C23H25N3O2. The molecule has 1 aromatic heterocycles. The summed E-state index contributed by atoms with van der Waals surface area (Å²) in [5, 5.41) is 9.37. The summed E-state index contributed by atoms with van der Waals surface area (Å²) in [4.78, 5) is 23.5. The first-order valence-electron chi connectivity index (χ1n) is 9.37. The van der Waals surface area contributed by atoms with E-state index in [4.69, 9.17) is 0 Å². The molecule has 144 valence electrons. The largest absolute Gasteiger partial charge is 0.326 e. The van der Waals surface area contributed by atoms with Crippen molar-refractivity contribution in [2.24, 2.45) is 0 Å². The first-order valence-corrected chi connectivity index (χ1v) is 9.37. The molecule has 2 N–H and O–H groups in total. The average Bonchev–Trinajstić information content (AvgIpc) is 2.67. The number of rotatable bonds is 5. The monoisotopic (exact) mass is 375 g/mol. The van der Waals surface area contributed by atoms with Gasteiger partial charge < -0.3 is 5.32 Å². The van der Waals surface area contributed by atoms with Crippen LogP contribution in [0.2, 0.25) is 0 Å². The van der Waals surface area contributed by atoms with Crippen LogP contribution in [0.15, 0.2) is 65.5 Å².